The molecule has 0 aliphatic heterocycles. The third kappa shape index (κ3) is 3.64. The number of ether oxygens (including phenoxy) is 1. The van der Waals surface area contributed by atoms with E-state index in [1.807, 2.05) is 0 Å². The Morgan fingerprint density at radius 1 is 1.26 bits per heavy atom. The van der Waals surface area contributed by atoms with Crippen LogP contribution in [0.3, 0.4) is 0 Å². The van der Waals surface area contributed by atoms with Gasteiger partial charge in [0.2, 0.25) is 0 Å². The predicted octanol–water partition coefficient (Wildman–Crippen LogP) is 4.37. The highest BCUT2D eigenvalue weighted by Gasteiger charge is 2.05. The summed E-state index contributed by atoms with van der Waals surface area (Å²) in [4.78, 5) is 11.2. The molecule has 0 aromatic heterocycles. The SMILES string of the molecule is CC(=O)c1cccc(OCc2cc(Br)ccc2F)c1. The van der Waals surface area contributed by atoms with Gasteiger partial charge in [-0.2, -0.15) is 0 Å². The second kappa shape index (κ2) is 5.97. The van der Waals surface area contributed by atoms with Crippen molar-refractivity contribution in [3.8, 4) is 5.75 Å². The summed E-state index contributed by atoms with van der Waals surface area (Å²) in [7, 11) is 0. The van der Waals surface area contributed by atoms with Gasteiger partial charge in [0.1, 0.15) is 18.2 Å². The number of ketones is 1. The van der Waals surface area contributed by atoms with Crippen molar-refractivity contribution in [2.45, 2.75) is 13.5 Å². The molecule has 0 aliphatic rings. The highest BCUT2D eigenvalue weighted by molar-refractivity contribution is 9.10. The Morgan fingerprint density at radius 3 is 2.79 bits per heavy atom. The van der Waals surface area contributed by atoms with Crippen LogP contribution in [0.5, 0.6) is 5.75 Å². The van der Waals surface area contributed by atoms with E-state index in [1.165, 1.54) is 13.0 Å². The van der Waals surface area contributed by atoms with E-state index in [-0.39, 0.29) is 18.2 Å². The fourth-order valence-electron chi connectivity index (χ4n) is 1.62. The average Bonchev–Trinajstić information content (AvgIpc) is 2.40. The number of hydrogen-bond acceptors (Lipinski definition) is 2. The molecule has 0 saturated carbocycles. The molecular weight excluding hydrogens is 311 g/mol. The Morgan fingerprint density at radius 2 is 2.05 bits per heavy atom. The molecule has 0 spiro atoms. The summed E-state index contributed by atoms with van der Waals surface area (Å²) in [6.07, 6.45) is 0. The van der Waals surface area contributed by atoms with Gasteiger partial charge >= 0.3 is 0 Å². The van der Waals surface area contributed by atoms with E-state index in [1.54, 1.807) is 36.4 Å². The topological polar surface area (TPSA) is 26.3 Å². The van der Waals surface area contributed by atoms with Crippen LogP contribution in [-0.4, -0.2) is 5.78 Å². The van der Waals surface area contributed by atoms with Crippen molar-refractivity contribution in [3.63, 3.8) is 0 Å². The lowest BCUT2D eigenvalue weighted by molar-refractivity contribution is 0.101. The van der Waals surface area contributed by atoms with Crippen LogP contribution in [0.2, 0.25) is 0 Å². The Hall–Kier alpha value is -1.68. The highest BCUT2D eigenvalue weighted by Crippen LogP contribution is 2.19. The summed E-state index contributed by atoms with van der Waals surface area (Å²) in [6.45, 7) is 1.61. The maximum atomic E-state index is 13.5. The summed E-state index contributed by atoms with van der Waals surface area (Å²) in [6, 6.07) is 11.5. The molecule has 2 aromatic rings. The zero-order valence-corrected chi connectivity index (χ0v) is 11.9. The first kappa shape index (κ1) is 13.7. The number of benzene rings is 2. The zero-order chi connectivity index (χ0) is 13.8. The van der Waals surface area contributed by atoms with Crippen molar-refractivity contribution in [2.75, 3.05) is 0 Å². The molecule has 0 aliphatic carbocycles. The molecule has 0 N–H and O–H groups in total. The Kier molecular flexibility index (Phi) is 4.32. The Bertz CT molecular complexity index is 611. The minimum absolute atomic E-state index is 0.0286. The molecule has 0 atom stereocenters. The molecule has 2 nitrogen and oxygen atoms in total. The fourth-order valence-corrected chi connectivity index (χ4v) is 2.03. The van der Waals surface area contributed by atoms with Gasteiger partial charge in [0.15, 0.2) is 5.78 Å². The van der Waals surface area contributed by atoms with Gasteiger partial charge in [0.05, 0.1) is 0 Å². The van der Waals surface area contributed by atoms with E-state index in [2.05, 4.69) is 15.9 Å². The molecule has 0 saturated heterocycles. The first-order valence-corrected chi connectivity index (χ1v) is 6.53. The van der Waals surface area contributed by atoms with Gasteiger partial charge in [-0.05, 0) is 37.3 Å². The lowest BCUT2D eigenvalue weighted by Crippen LogP contribution is -2.00. The van der Waals surface area contributed by atoms with Crippen molar-refractivity contribution < 1.29 is 13.9 Å². The van der Waals surface area contributed by atoms with Crippen LogP contribution in [0.25, 0.3) is 0 Å². The standard InChI is InChI=1S/C15H12BrFO2/c1-10(18)11-3-2-4-14(8-11)19-9-12-7-13(16)5-6-15(12)17/h2-8H,9H2,1H3. The van der Waals surface area contributed by atoms with Gasteiger partial charge in [-0.1, -0.05) is 28.1 Å². The Labute approximate surface area is 119 Å². The molecule has 98 valence electrons. The van der Waals surface area contributed by atoms with Crippen LogP contribution < -0.4 is 4.74 Å². The number of carbonyl (C=O) groups excluding carboxylic acids is 1. The maximum Gasteiger partial charge on any atom is 0.159 e. The Balaban J connectivity index is 2.12. The van der Waals surface area contributed by atoms with Crippen molar-refractivity contribution >= 4 is 21.7 Å². The minimum Gasteiger partial charge on any atom is -0.489 e. The molecule has 0 heterocycles. The quantitative estimate of drug-likeness (QED) is 0.781. The molecule has 4 heteroatoms. The third-order valence-electron chi connectivity index (χ3n) is 2.64. The van der Waals surface area contributed by atoms with Gasteiger partial charge in [-0.3, -0.25) is 4.79 Å². The summed E-state index contributed by atoms with van der Waals surface area (Å²) < 4.78 is 19.8. The summed E-state index contributed by atoms with van der Waals surface area (Å²) in [5.41, 5.74) is 1.04. The van der Waals surface area contributed by atoms with Crippen molar-refractivity contribution in [2.24, 2.45) is 0 Å². The van der Waals surface area contributed by atoms with Crippen molar-refractivity contribution in [3.05, 3.63) is 63.9 Å². The van der Waals surface area contributed by atoms with Crippen LogP contribution in [0, 0.1) is 5.82 Å². The van der Waals surface area contributed by atoms with Crippen LogP contribution in [0.15, 0.2) is 46.9 Å². The molecule has 2 aromatic carbocycles. The minimum atomic E-state index is -0.314. The number of carbonyl (C=O) groups is 1. The van der Waals surface area contributed by atoms with E-state index in [0.717, 1.165) is 4.47 Å². The van der Waals surface area contributed by atoms with E-state index in [9.17, 15) is 9.18 Å². The smallest absolute Gasteiger partial charge is 0.159 e. The van der Waals surface area contributed by atoms with Crippen LogP contribution in [0.4, 0.5) is 4.39 Å². The molecule has 0 amide bonds. The largest absolute Gasteiger partial charge is 0.489 e. The molecule has 0 bridgehead atoms. The first-order valence-electron chi connectivity index (χ1n) is 5.74. The monoisotopic (exact) mass is 322 g/mol. The van der Waals surface area contributed by atoms with Crippen molar-refractivity contribution in [1.29, 1.82) is 0 Å². The number of hydrogen-bond donors (Lipinski definition) is 0. The van der Waals surface area contributed by atoms with Crippen LogP contribution in [-0.2, 0) is 6.61 Å². The van der Waals surface area contributed by atoms with E-state index >= 15 is 0 Å². The highest BCUT2D eigenvalue weighted by atomic mass is 79.9. The summed E-state index contributed by atoms with van der Waals surface area (Å²) in [5.74, 6) is 0.206. The van der Waals surface area contributed by atoms with Gasteiger partial charge in [-0.25, -0.2) is 4.39 Å². The lowest BCUT2D eigenvalue weighted by atomic mass is 10.1. The second-order valence-corrected chi connectivity index (χ2v) is 5.02. The molecule has 19 heavy (non-hydrogen) atoms. The van der Waals surface area contributed by atoms with Crippen LogP contribution >= 0.6 is 15.9 Å². The second-order valence-electron chi connectivity index (χ2n) is 4.11. The number of halogens is 2. The first-order chi connectivity index (χ1) is 9.06. The molecule has 0 radical (unpaired) electrons. The van der Waals surface area contributed by atoms with E-state index < -0.39 is 0 Å². The number of Topliss-reactive ketones (excluding diaryl/α,β-unsaturated/α-hetero) is 1. The molecular formula is C15H12BrFO2. The van der Waals surface area contributed by atoms with Crippen LogP contribution in [0.1, 0.15) is 22.8 Å². The normalized spacial score (nSPS) is 10.3. The third-order valence-corrected chi connectivity index (χ3v) is 3.14. The van der Waals surface area contributed by atoms with Crippen molar-refractivity contribution in [1.82, 2.24) is 0 Å². The summed E-state index contributed by atoms with van der Waals surface area (Å²) in [5, 5.41) is 0. The predicted molar refractivity (Wildman–Crippen MR) is 74.9 cm³/mol. The molecule has 2 rings (SSSR count). The average molecular weight is 323 g/mol. The van der Waals surface area contributed by atoms with E-state index in [0.29, 0.717) is 16.9 Å². The fraction of sp³-hybridized carbons (Fsp3) is 0.133. The number of rotatable bonds is 4. The van der Waals surface area contributed by atoms with Gasteiger partial charge in [0.25, 0.3) is 0 Å². The molecule has 0 unspecified atom stereocenters. The van der Waals surface area contributed by atoms with Gasteiger partial charge < -0.3 is 4.74 Å². The molecule has 0 fully saturated rings. The zero-order valence-electron chi connectivity index (χ0n) is 10.3. The van der Waals surface area contributed by atoms with E-state index in [4.69, 9.17) is 4.74 Å². The van der Waals surface area contributed by atoms with Gasteiger partial charge in [0, 0.05) is 15.6 Å². The van der Waals surface area contributed by atoms with Gasteiger partial charge in [-0.15, -0.1) is 0 Å². The summed E-state index contributed by atoms with van der Waals surface area (Å²) >= 11 is 3.29. The lowest BCUT2D eigenvalue weighted by Gasteiger charge is -2.08. The maximum absolute atomic E-state index is 13.5.